The summed E-state index contributed by atoms with van der Waals surface area (Å²) in [7, 11) is 5.55. The van der Waals surface area contributed by atoms with Crippen LogP contribution in [0.5, 0.6) is 5.88 Å². The van der Waals surface area contributed by atoms with Crippen LogP contribution in [0.1, 0.15) is 155 Å². The van der Waals surface area contributed by atoms with Crippen molar-refractivity contribution in [2.75, 3.05) is 39.2 Å². The van der Waals surface area contributed by atoms with Gasteiger partial charge in [0.25, 0.3) is 0 Å². The number of halogens is 1. The monoisotopic (exact) mass is 1130 g/mol. The number of ether oxygens (including phenoxy) is 1. The number of piperidine rings is 5. The molecule has 8 unspecified atom stereocenters. The van der Waals surface area contributed by atoms with Gasteiger partial charge >= 0.3 is 0 Å². The molecule has 0 aliphatic carbocycles. The molecule has 10 N–H and O–H groups in total. The molecule has 0 radical (unpaired) electrons. The van der Waals surface area contributed by atoms with Crippen molar-refractivity contribution < 1.29 is 30.3 Å². The van der Waals surface area contributed by atoms with E-state index in [9.17, 15) is 25.5 Å². The number of fused-ring (bicyclic) bond motifs is 8. The summed E-state index contributed by atoms with van der Waals surface area (Å²) < 4.78 is 5.12. The zero-order valence-corrected chi connectivity index (χ0v) is 48.9. The molecule has 0 saturated carbocycles. The van der Waals surface area contributed by atoms with E-state index in [4.69, 9.17) is 16.3 Å². The number of anilines is 1. The first kappa shape index (κ1) is 59.4. The number of pyridine rings is 5. The van der Waals surface area contributed by atoms with Crippen molar-refractivity contribution in [1.82, 2.24) is 51.5 Å². The first-order valence-corrected chi connectivity index (χ1v) is 30.2. The second-order valence-electron chi connectivity index (χ2n) is 25.1. The molecule has 438 valence electrons. The third-order valence-corrected chi connectivity index (χ3v) is 19.0. The smallest absolute Gasteiger partial charge is 0.213 e. The van der Waals surface area contributed by atoms with Gasteiger partial charge in [-0.15, -0.1) is 0 Å². The van der Waals surface area contributed by atoms with Crippen molar-refractivity contribution >= 4 is 17.4 Å². The second kappa shape index (κ2) is 25.2. The topological polar surface area (TPSA) is 238 Å². The normalized spacial score (nSPS) is 33.7. The summed E-state index contributed by atoms with van der Waals surface area (Å²) in [6, 6.07) is 24.9. The summed E-state index contributed by atoms with van der Waals surface area (Å²) in [4.78, 5) is 23.7. The van der Waals surface area contributed by atoms with Crippen LogP contribution in [0.3, 0.4) is 0 Å². The number of nitrogens with zero attached hydrogens (tertiary/aromatic N) is 6. The lowest BCUT2D eigenvalue weighted by Gasteiger charge is -2.37. The van der Waals surface area contributed by atoms with Gasteiger partial charge in [0, 0.05) is 98.8 Å². The van der Waals surface area contributed by atoms with Crippen LogP contribution >= 0.6 is 11.6 Å². The second-order valence-corrected chi connectivity index (χ2v) is 25.5. The zero-order chi connectivity index (χ0) is 57.0. The van der Waals surface area contributed by atoms with E-state index < -0.39 is 28.0 Å². The molecule has 5 aromatic rings. The summed E-state index contributed by atoms with van der Waals surface area (Å²) in [5, 5.41) is 71.6. The lowest BCUT2D eigenvalue weighted by atomic mass is 9.83. The molecule has 8 atom stereocenters. The Morgan fingerprint density at radius 3 is 1.31 bits per heavy atom. The van der Waals surface area contributed by atoms with Crippen molar-refractivity contribution in [3.05, 3.63) is 136 Å². The van der Waals surface area contributed by atoms with Gasteiger partial charge in [-0.1, -0.05) is 35.9 Å². The van der Waals surface area contributed by atoms with Crippen molar-refractivity contribution in [3.8, 4) is 5.88 Å². The highest BCUT2D eigenvalue weighted by atomic mass is 35.5. The molecule has 9 aliphatic rings. The maximum Gasteiger partial charge on any atom is 0.213 e. The van der Waals surface area contributed by atoms with Crippen LogP contribution in [0.25, 0.3) is 0 Å². The Hall–Kier alpha value is -4.76. The molecular weight excluding hydrogens is 1040 g/mol. The van der Waals surface area contributed by atoms with Gasteiger partial charge in [-0.25, -0.2) is 9.97 Å². The summed E-state index contributed by atoms with van der Waals surface area (Å²) in [5.41, 5.74) is 2.63. The highest BCUT2D eigenvalue weighted by Gasteiger charge is 2.48. The lowest BCUT2D eigenvalue weighted by molar-refractivity contribution is -0.0163. The van der Waals surface area contributed by atoms with Crippen LogP contribution in [-0.4, -0.2) is 133 Å². The summed E-state index contributed by atoms with van der Waals surface area (Å²) >= 11 is 6.00. The number of aliphatic hydroxyl groups is 5. The number of methoxy groups -OCH3 is 1. The fourth-order valence-electron chi connectivity index (χ4n) is 14.8. The molecular formula is C63H88ClN11O6. The molecule has 0 amide bonds. The van der Waals surface area contributed by atoms with Gasteiger partial charge in [-0.2, -0.15) is 0 Å². The molecule has 81 heavy (non-hydrogen) atoms. The van der Waals surface area contributed by atoms with E-state index in [0.29, 0.717) is 72.1 Å². The Labute approximate surface area is 483 Å². The van der Waals surface area contributed by atoms with E-state index >= 15 is 0 Å². The standard InChI is InChI=1S/C14H21N3O.C13H18N2O2.2C13H18N2O.C10H13ClN2O/c1-17(2)13-5-3-4-12(16-13)14(18)8-10-6-7-11(9-14)15-10;1-17-12-4-2-3-11(15-12)13(16)7-9-5-6-10(8-13)14-9;2*1-9-3-2-6-14-12(9)13(16)7-10-4-5-11(8-13)15-10;11-9-7-13-4-1-8(9)10(14)2-5-12-6-3-10/h3-5,10-11,15,18H,6-9H2,1-2H3;2-4,9-10,14,16H,5-8H2,1H3;2*2-3,6,10-11,15-16H,4-5,7-8H2,1H3;1,4,7,12,14H,2-3,5-6H2. The van der Waals surface area contributed by atoms with Crippen molar-refractivity contribution in [3.63, 3.8) is 0 Å². The summed E-state index contributed by atoms with van der Waals surface area (Å²) in [6.07, 6.45) is 24.0. The number of nitrogens with one attached hydrogen (secondary N) is 5. The van der Waals surface area contributed by atoms with Crippen LogP contribution in [0.2, 0.25) is 5.02 Å². The molecule has 17 nitrogen and oxygen atoms in total. The Morgan fingerprint density at radius 2 is 0.914 bits per heavy atom. The zero-order valence-electron chi connectivity index (χ0n) is 48.1. The number of aryl methyl sites for hydroxylation is 2. The average Bonchev–Trinajstić information content (AvgIpc) is 4.41. The Bertz CT molecular complexity index is 2770. The third-order valence-electron chi connectivity index (χ3n) is 18.7. The predicted octanol–water partition coefficient (Wildman–Crippen LogP) is 6.73. The highest BCUT2D eigenvalue weighted by molar-refractivity contribution is 6.31. The molecule has 0 spiro atoms. The van der Waals surface area contributed by atoms with Crippen LogP contribution in [-0.2, 0) is 28.0 Å². The van der Waals surface area contributed by atoms with E-state index in [2.05, 4.69) is 51.5 Å². The molecule has 14 rings (SSSR count). The first-order chi connectivity index (χ1) is 38.8. The van der Waals surface area contributed by atoms with Gasteiger partial charge in [0.15, 0.2) is 0 Å². The molecule has 5 aromatic heterocycles. The minimum absolute atomic E-state index is 0.437. The van der Waals surface area contributed by atoms with E-state index in [1.165, 1.54) is 38.5 Å². The minimum atomic E-state index is -0.786. The van der Waals surface area contributed by atoms with Gasteiger partial charge in [0.2, 0.25) is 5.88 Å². The van der Waals surface area contributed by atoms with E-state index in [0.717, 1.165) is 123 Å². The van der Waals surface area contributed by atoms with Crippen molar-refractivity contribution in [2.45, 2.75) is 206 Å². The third kappa shape index (κ3) is 13.9. The van der Waals surface area contributed by atoms with Gasteiger partial charge in [0.1, 0.15) is 28.2 Å². The molecule has 9 fully saturated rings. The number of rotatable bonds is 7. The van der Waals surface area contributed by atoms with E-state index in [1.807, 2.05) is 93.5 Å². The maximum absolute atomic E-state index is 10.9. The molecule has 9 saturated heterocycles. The molecule has 0 aromatic carbocycles. The molecule has 14 heterocycles. The Kier molecular flexibility index (Phi) is 18.5. The quantitative estimate of drug-likeness (QED) is 0.0813. The fraction of sp³-hybridized carbons (Fsp3) is 0.603. The van der Waals surface area contributed by atoms with Crippen LogP contribution in [0, 0.1) is 13.8 Å². The average molecular weight is 1130 g/mol. The van der Waals surface area contributed by atoms with Gasteiger partial charge < -0.3 is 61.8 Å². The van der Waals surface area contributed by atoms with E-state index in [-0.39, 0.29) is 0 Å². The number of hydrogen-bond acceptors (Lipinski definition) is 17. The fourth-order valence-corrected chi connectivity index (χ4v) is 15.1. The first-order valence-electron chi connectivity index (χ1n) is 29.8. The SMILES string of the molecule is CN(C)c1cccc(C2(O)CC3CCC(C2)N3)n1.COc1cccc(C2(O)CC3CCC(C2)N3)n1.Cc1cccnc1C1(O)CC2CCC(C1)N2.Cc1cccnc1C1(O)CC2CCC(C1)N2.OC1(c2ccncc2Cl)CCNCC1. The van der Waals surface area contributed by atoms with Crippen LogP contribution in [0.15, 0.2) is 91.5 Å². The van der Waals surface area contributed by atoms with Crippen molar-refractivity contribution in [1.29, 1.82) is 0 Å². The van der Waals surface area contributed by atoms with Gasteiger partial charge in [0.05, 0.1) is 40.5 Å². The number of hydrogen-bond donors (Lipinski definition) is 10. The Morgan fingerprint density at radius 1 is 0.506 bits per heavy atom. The minimum Gasteiger partial charge on any atom is -0.481 e. The van der Waals surface area contributed by atoms with Gasteiger partial charge in [-0.05, 0) is 190 Å². The molecule has 9 aliphatic heterocycles. The lowest BCUT2D eigenvalue weighted by Crippen LogP contribution is -2.47. The summed E-state index contributed by atoms with van der Waals surface area (Å²) in [6.45, 7) is 5.72. The predicted molar refractivity (Wildman–Crippen MR) is 315 cm³/mol. The molecule has 8 bridgehead atoms. The molecule has 18 heteroatoms. The maximum atomic E-state index is 10.9. The number of aromatic nitrogens is 5. The summed E-state index contributed by atoms with van der Waals surface area (Å²) in [5.74, 6) is 1.48. The highest BCUT2D eigenvalue weighted by Crippen LogP contribution is 2.44. The van der Waals surface area contributed by atoms with Crippen molar-refractivity contribution in [2.24, 2.45) is 0 Å². The largest absolute Gasteiger partial charge is 0.481 e. The van der Waals surface area contributed by atoms with Gasteiger partial charge in [-0.3, -0.25) is 15.0 Å². The van der Waals surface area contributed by atoms with E-state index in [1.54, 1.807) is 38.0 Å². The Balaban J connectivity index is 0.000000114. The van der Waals surface area contributed by atoms with Crippen LogP contribution in [0.4, 0.5) is 5.82 Å². The van der Waals surface area contributed by atoms with Crippen LogP contribution < -0.4 is 36.2 Å².